The van der Waals surface area contributed by atoms with E-state index in [0.717, 1.165) is 53.0 Å². The first-order valence-corrected chi connectivity index (χ1v) is 11.2. The molecule has 0 radical (unpaired) electrons. The van der Waals surface area contributed by atoms with Crippen molar-refractivity contribution in [3.8, 4) is 11.3 Å². The predicted molar refractivity (Wildman–Crippen MR) is 122 cm³/mol. The molecular formula is C23H24FN5OS. The summed E-state index contributed by atoms with van der Waals surface area (Å²) in [6.07, 6.45) is 0. The van der Waals surface area contributed by atoms with Gasteiger partial charge in [-0.15, -0.1) is 0 Å². The van der Waals surface area contributed by atoms with Crippen LogP contribution in [0.4, 0.5) is 20.0 Å². The summed E-state index contributed by atoms with van der Waals surface area (Å²) in [6, 6.07) is 14.0. The van der Waals surface area contributed by atoms with E-state index in [-0.39, 0.29) is 11.7 Å². The maximum atomic E-state index is 14.1. The molecule has 0 bridgehead atoms. The van der Waals surface area contributed by atoms with Crippen molar-refractivity contribution < 1.29 is 9.18 Å². The highest BCUT2D eigenvalue weighted by atomic mass is 32.1. The van der Waals surface area contributed by atoms with Crippen LogP contribution in [0.15, 0.2) is 48.5 Å². The number of nitrogens with one attached hydrogen (secondary N) is 1. The van der Waals surface area contributed by atoms with Gasteiger partial charge >= 0.3 is 6.03 Å². The minimum atomic E-state index is -0.443. The molecule has 2 aromatic carbocycles. The molecule has 6 nitrogen and oxygen atoms in total. The molecule has 2 amide bonds. The molecule has 2 aliphatic rings. The predicted octanol–water partition coefficient (Wildman–Crippen LogP) is 4.25. The van der Waals surface area contributed by atoms with Crippen molar-refractivity contribution in [2.75, 3.05) is 43.4 Å². The van der Waals surface area contributed by atoms with Crippen molar-refractivity contribution >= 4 is 28.2 Å². The highest BCUT2D eigenvalue weighted by molar-refractivity contribution is 7.16. The van der Waals surface area contributed by atoms with Crippen molar-refractivity contribution in [2.45, 2.75) is 13.1 Å². The molecule has 3 heterocycles. The summed E-state index contributed by atoms with van der Waals surface area (Å²) in [6.45, 7) is 4.80. The molecule has 1 N–H and O–H groups in total. The standard InChI is InChI=1S/C23H24FN5OS/c1-27-10-12-28(13-11-27)23-26-21-17-7-3-2-6-16(17)14-29(15-20(21)31-23)22(30)25-19-9-5-4-8-18(19)24/h2-9H,10-15H2,1H3,(H,25,30). The number of aromatic nitrogens is 1. The lowest BCUT2D eigenvalue weighted by Gasteiger charge is -2.32. The highest BCUT2D eigenvalue weighted by Gasteiger charge is 2.28. The van der Waals surface area contributed by atoms with Gasteiger partial charge < -0.3 is 20.0 Å². The Morgan fingerprint density at radius 3 is 2.58 bits per heavy atom. The number of thiazole rings is 1. The fourth-order valence-electron chi connectivity index (χ4n) is 4.01. The summed E-state index contributed by atoms with van der Waals surface area (Å²) in [5.74, 6) is -0.443. The van der Waals surface area contributed by atoms with Crippen molar-refractivity contribution in [3.05, 3.63) is 64.8 Å². The first-order valence-electron chi connectivity index (χ1n) is 10.4. The summed E-state index contributed by atoms with van der Waals surface area (Å²) in [7, 11) is 2.14. The van der Waals surface area contributed by atoms with Crippen molar-refractivity contribution in [1.29, 1.82) is 0 Å². The van der Waals surface area contributed by atoms with Crippen LogP contribution in [0, 0.1) is 5.82 Å². The van der Waals surface area contributed by atoms with E-state index in [1.807, 2.05) is 18.2 Å². The molecular weight excluding hydrogens is 413 g/mol. The molecule has 160 valence electrons. The Kier molecular flexibility index (Phi) is 5.33. The van der Waals surface area contributed by atoms with Crippen molar-refractivity contribution in [3.63, 3.8) is 0 Å². The zero-order valence-electron chi connectivity index (χ0n) is 17.3. The number of carbonyl (C=O) groups is 1. The average Bonchev–Trinajstić information content (AvgIpc) is 3.12. The van der Waals surface area contributed by atoms with Gasteiger partial charge in [0.05, 0.1) is 22.8 Å². The number of nitrogens with zero attached hydrogens (tertiary/aromatic N) is 4. The molecule has 1 aromatic heterocycles. The highest BCUT2D eigenvalue weighted by Crippen LogP contribution is 2.38. The monoisotopic (exact) mass is 437 g/mol. The number of amides is 2. The van der Waals surface area contributed by atoms with Gasteiger partial charge in [0.1, 0.15) is 5.82 Å². The van der Waals surface area contributed by atoms with E-state index in [1.54, 1.807) is 34.4 Å². The lowest BCUT2D eigenvalue weighted by atomic mass is 10.1. The summed E-state index contributed by atoms with van der Waals surface area (Å²) >= 11 is 1.65. The van der Waals surface area contributed by atoms with Crippen LogP contribution in [-0.4, -0.2) is 54.0 Å². The summed E-state index contributed by atoms with van der Waals surface area (Å²) in [5, 5.41) is 3.73. The summed E-state index contributed by atoms with van der Waals surface area (Å²) in [4.78, 5) is 25.5. The number of rotatable bonds is 2. The molecule has 0 atom stereocenters. The quantitative estimate of drug-likeness (QED) is 0.651. The lowest BCUT2D eigenvalue weighted by Crippen LogP contribution is -2.44. The van der Waals surface area contributed by atoms with E-state index in [2.05, 4.69) is 28.2 Å². The Labute approximate surface area is 184 Å². The van der Waals surface area contributed by atoms with E-state index in [9.17, 15) is 9.18 Å². The lowest BCUT2D eigenvalue weighted by molar-refractivity contribution is 0.207. The van der Waals surface area contributed by atoms with E-state index < -0.39 is 5.82 Å². The second-order valence-electron chi connectivity index (χ2n) is 7.98. The smallest absolute Gasteiger partial charge is 0.322 e. The van der Waals surface area contributed by atoms with Gasteiger partial charge in [0.25, 0.3) is 0 Å². The molecule has 0 unspecified atom stereocenters. The number of para-hydroxylation sites is 1. The number of benzene rings is 2. The maximum Gasteiger partial charge on any atom is 0.322 e. The second-order valence-corrected chi connectivity index (χ2v) is 9.04. The number of hydrogen-bond acceptors (Lipinski definition) is 5. The minimum Gasteiger partial charge on any atom is -0.346 e. The van der Waals surface area contributed by atoms with E-state index in [0.29, 0.717) is 13.1 Å². The van der Waals surface area contributed by atoms with Gasteiger partial charge in [-0.25, -0.2) is 14.2 Å². The SMILES string of the molecule is CN1CCN(c2nc3c(s2)CN(C(=O)Nc2ccccc2F)Cc2ccccc2-3)CC1. The van der Waals surface area contributed by atoms with Crippen molar-refractivity contribution in [1.82, 2.24) is 14.8 Å². The van der Waals surface area contributed by atoms with Gasteiger partial charge in [0.15, 0.2) is 5.13 Å². The third-order valence-corrected chi connectivity index (χ3v) is 6.93. The molecule has 0 saturated carbocycles. The van der Waals surface area contributed by atoms with Crippen LogP contribution >= 0.6 is 11.3 Å². The van der Waals surface area contributed by atoms with Gasteiger partial charge in [-0.3, -0.25) is 0 Å². The molecule has 0 spiro atoms. The van der Waals surface area contributed by atoms with Gasteiger partial charge in [-0.1, -0.05) is 47.7 Å². The number of fused-ring (bicyclic) bond motifs is 3. The molecule has 2 aliphatic heterocycles. The Bertz CT molecular complexity index is 1110. The Hall–Kier alpha value is -2.97. The molecule has 5 rings (SSSR count). The molecule has 3 aromatic rings. The van der Waals surface area contributed by atoms with Gasteiger partial charge in [-0.2, -0.15) is 0 Å². The number of anilines is 2. The van der Waals surface area contributed by atoms with Crippen LogP contribution in [0.1, 0.15) is 10.4 Å². The van der Waals surface area contributed by atoms with E-state index in [4.69, 9.17) is 4.98 Å². The van der Waals surface area contributed by atoms with Crippen LogP contribution in [0.5, 0.6) is 0 Å². The zero-order valence-corrected chi connectivity index (χ0v) is 18.2. The fourth-order valence-corrected chi connectivity index (χ4v) is 5.16. The number of carbonyl (C=O) groups excluding carboxylic acids is 1. The van der Waals surface area contributed by atoms with Crippen molar-refractivity contribution in [2.24, 2.45) is 0 Å². The van der Waals surface area contributed by atoms with Crippen LogP contribution in [0.25, 0.3) is 11.3 Å². The average molecular weight is 438 g/mol. The third kappa shape index (κ3) is 4.00. The number of urea groups is 1. The topological polar surface area (TPSA) is 51.7 Å². The Balaban J connectivity index is 1.46. The zero-order chi connectivity index (χ0) is 21.4. The second kappa shape index (κ2) is 8.28. The molecule has 31 heavy (non-hydrogen) atoms. The van der Waals surface area contributed by atoms with Crippen LogP contribution in [0.3, 0.4) is 0 Å². The molecule has 1 saturated heterocycles. The first-order chi connectivity index (χ1) is 15.1. The molecule has 1 fully saturated rings. The summed E-state index contributed by atoms with van der Waals surface area (Å²) < 4.78 is 14.1. The number of hydrogen-bond donors (Lipinski definition) is 1. The Morgan fingerprint density at radius 2 is 1.77 bits per heavy atom. The largest absolute Gasteiger partial charge is 0.346 e. The van der Waals surface area contributed by atoms with E-state index in [1.165, 1.54) is 6.07 Å². The van der Waals surface area contributed by atoms with Gasteiger partial charge in [-0.05, 0) is 24.7 Å². The number of halogens is 1. The fraction of sp³-hybridized carbons (Fsp3) is 0.304. The van der Waals surface area contributed by atoms with Gasteiger partial charge in [0, 0.05) is 38.3 Å². The Morgan fingerprint density at radius 1 is 1.03 bits per heavy atom. The normalized spacial score (nSPS) is 16.5. The van der Waals surface area contributed by atoms with Gasteiger partial charge in [0.2, 0.25) is 0 Å². The van der Waals surface area contributed by atoms with Crippen LogP contribution < -0.4 is 10.2 Å². The summed E-state index contributed by atoms with van der Waals surface area (Å²) in [5.41, 5.74) is 3.25. The molecule has 0 aliphatic carbocycles. The number of likely N-dealkylation sites (N-methyl/N-ethyl adjacent to an activating group) is 1. The van der Waals surface area contributed by atoms with E-state index >= 15 is 0 Å². The number of piperazine rings is 1. The third-order valence-electron chi connectivity index (χ3n) is 5.83. The van der Waals surface area contributed by atoms with Crippen LogP contribution in [-0.2, 0) is 13.1 Å². The first kappa shape index (κ1) is 20.0. The molecule has 8 heteroatoms. The maximum absolute atomic E-state index is 14.1. The van der Waals surface area contributed by atoms with Crippen LogP contribution in [0.2, 0.25) is 0 Å². The minimum absolute atomic E-state index is 0.188.